The molecule has 1 aliphatic carbocycles. The van der Waals surface area contributed by atoms with Crippen LogP contribution in [0, 0.1) is 5.82 Å². The molecule has 0 aliphatic heterocycles. The molecule has 0 radical (unpaired) electrons. The molecule has 7 nitrogen and oxygen atoms in total. The molecule has 2 aromatic carbocycles. The number of hydrogen-bond acceptors (Lipinski definition) is 5. The van der Waals surface area contributed by atoms with E-state index >= 15 is 0 Å². The molecule has 39 heavy (non-hydrogen) atoms. The molecule has 210 valence electrons. The molecule has 1 N–H and O–H groups in total. The highest BCUT2D eigenvalue weighted by Crippen LogP contribution is 2.46. The predicted octanol–water partition coefficient (Wildman–Crippen LogP) is 5.90. The molecule has 0 saturated heterocycles. The molecule has 0 spiro atoms. The van der Waals surface area contributed by atoms with E-state index in [9.17, 15) is 40.6 Å². The number of aliphatic hydroxyl groups excluding tert-OH is 1. The van der Waals surface area contributed by atoms with Gasteiger partial charge in [0.1, 0.15) is 5.82 Å². The maximum absolute atomic E-state index is 14.0. The Morgan fingerprint density at radius 3 is 2.36 bits per heavy atom. The zero-order valence-electron chi connectivity index (χ0n) is 20.3. The van der Waals surface area contributed by atoms with Crippen LogP contribution in [0.2, 0.25) is 0 Å². The second kappa shape index (κ2) is 10.8. The van der Waals surface area contributed by atoms with Gasteiger partial charge in [-0.15, -0.1) is 0 Å². The van der Waals surface area contributed by atoms with Crippen LogP contribution in [-0.2, 0) is 23.6 Å². The van der Waals surface area contributed by atoms with Crippen molar-refractivity contribution < 1.29 is 50.1 Å². The van der Waals surface area contributed by atoms with E-state index < -0.39 is 52.8 Å². The minimum Gasteiger partial charge on any atom is -0.409 e. The first kappa shape index (κ1) is 28.4. The first-order valence-corrected chi connectivity index (χ1v) is 11.6. The Kier molecular flexibility index (Phi) is 7.89. The summed E-state index contributed by atoms with van der Waals surface area (Å²) >= 11 is 0. The van der Waals surface area contributed by atoms with Gasteiger partial charge in [0.05, 0.1) is 42.7 Å². The lowest BCUT2D eigenvalue weighted by Gasteiger charge is -2.32. The minimum atomic E-state index is -5.33. The number of amides is 1. The van der Waals surface area contributed by atoms with Crippen LogP contribution < -0.4 is 9.64 Å². The third-order valence-electron chi connectivity index (χ3n) is 6.17. The molecule has 1 heterocycles. The third kappa shape index (κ3) is 6.50. The van der Waals surface area contributed by atoms with E-state index in [2.05, 4.69) is 5.10 Å². The molecule has 3 aromatic rings. The fourth-order valence-corrected chi connectivity index (χ4v) is 3.82. The fourth-order valence-electron chi connectivity index (χ4n) is 3.82. The van der Waals surface area contributed by atoms with Crippen LogP contribution in [0.3, 0.4) is 0 Å². The van der Waals surface area contributed by atoms with Crippen molar-refractivity contribution in [2.75, 3.05) is 18.6 Å². The van der Waals surface area contributed by atoms with Gasteiger partial charge in [0.2, 0.25) is 0 Å². The lowest BCUT2D eigenvalue weighted by atomic mass is 9.92. The molecule has 1 amide bonds. The maximum atomic E-state index is 14.0. The van der Waals surface area contributed by atoms with Crippen LogP contribution in [0.5, 0.6) is 5.75 Å². The number of halogens is 7. The summed E-state index contributed by atoms with van der Waals surface area (Å²) in [4.78, 5) is 13.6. The summed E-state index contributed by atoms with van der Waals surface area (Å²) in [6.07, 6.45) is -9.26. The quantitative estimate of drug-likeness (QED) is 0.364. The normalized spacial score (nSPS) is 17.6. The number of rotatable bonds is 7. The van der Waals surface area contributed by atoms with Crippen molar-refractivity contribution in [1.82, 2.24) is 9.78 Å². The average molecular weight is 561 g/mol. The number of benzene rings is 2. The molecule has 1 fully saturated rings. The minimum absolute atomic E-state index is 0.0628. The van der Waals surface area contributed by atoms with E-state index in [1.165, 1.54) is 23.0 Å². The van der Waals surface area contributed by atoms with Gasteiger partial charge < -0.3 is 14.6 Å². The molecule has 1 saturated carbocycles. The first-order chi connectivity index (χ1) is 18.2. The molecule has 0 bridgehead atoms. The standard InChI is InChI=1S/C25H22F7N3O4/c1-34(17-4-2-16(26)3-5-17)23(37)39-22-18(10-15(24(27,28)29)11-19(22)25(30,31)32)14-12-33-35(13-14)8-9-38-21-7-6-20(21)36/h2-5,10-13,20-21,36H,6-9H2,1H3. The average Bonchev–Trinajstić information content (AvgIpc) is 3.33. The van der Waals surface area contributed by atoms with Crippen molar-refractivity contribution in [2.45, 2.75) is 43.9 Å². The van der Waals surface area contributed by atoms with Crippen molar-refractivity contribution in [3.63, 3.8) is 0 Å². The molecular weight excluding hydrogens is 539 g/mol. The van der Waals surface area contributed by atoms with Crippen LogP contribution in [0.4, 0.5) is 41.2 Å². The number of nitrogens with zero attached hydrogens (tertiary/aromatic N) is 3. The van der Waals surface area contributed by atoms with Gasteiger partial charge in [0, 0.05) is 30.1 Å². The van der Waals surface area contributed by atoms with Crippen molar-refractivity contribution in [2.24, 2.45) is 0 Å². The van der Waals surface area contributed by atoms with Gasteiger partial charge in [-0.05, 0) is 49.2 Å². The van der Waals surface area contributed by atoms with E-state index in [4.69, 9.17) is 9.47 Å². The summed E-state index contributed by atoms with van der Waals surface area (Å²) in [6, 6.07) is 4.67. The Labute approximate surface area is 217 Å². The molecule has 14 heteroatoms. The first-order valence-electron chi connectivity index (χ1n) is 11.6. The van der Waals surface area contributed by atoms with Gasteiger partial charge >= 0.3 is 18.4 Å². The second-order valence-corrected chi connectivity index (χ2v) is 8.85. The van der Waals surface area contributed by atoms with E-state index in [0.29, 0.717) is 18.9 Å². The highest BCUT2D eigenvalue weighted by atomic mass is 19.4. The Morgan fingerprint density at radius 1 is 1.10 bits per heavy atom. The van der Waals surface area contributed by atoms with Crippen LogP contribution in [0.25, 0.3) is 11.1 Å². The number of alkyl halides is 6. The SMILES string of the molecule is CN(C(=O)Oc1c(-c2cnn(CCOC3CCC3O)c2)cc(C(F)(F)F)cc1C(F)(F)F)c1ccc(F)cc1. The van der Waals surface area contributed by atoms with Gasteiger partial charge in [-0.1, -0.05) is 0 Å². The monoisotopic (exact) mass is 561 g/mol. The summed E-state index contributed by atoms with van der Waals surface area (Å²) in [7, 11) is 1.14. The van der Waals surface area contributed by atoms with E-state index in [1.54, 1.807) is 0 Å². The topological polar surface area (TPSA) is 76.8 Å². The van der Waals surface area contributed by atoms with Crippen molar-refractivity contribution >= 4 is 11.8 Å². The Hall–Kier alpha value is -3.65. The largest absolute Gasteiger partial charge is 0.420 e. The molecule has 1 aromatic heterocycles. The maximum Gasteiger partial charge on any atom is 0.420 e. The van der Waals surface area contributed by atoms with Gasteiger partial charge in [0.25, 0.3) is 0 Å². The lowest BCUT2D eigenvalue weighted by molar-refractivity contribution is -0.143. The second-order valence-electron chi connectivity index (χ2n) is 8.85. The van der Waals surface area contributed by atoms with Crippen molar-refractivity contribution in [1.29, 1.82) is 0 Å². The number of ether oxygens (including phenoxy) is 2. The van der Waals surface area contributed by atoms with Gasteiger partial charge in [-0.3, -0.25) is 9.58 Å². The number of aromatic nitrogens is 2. The van der Waals surface area contributed by atoms with Crippen LogP contribution in [0.1, 0.15) is 24.0 Å². The number of aliphatic hydroxyl groups is 1. The molecule has 2 atom stereocenters. The van der Waals surface area contributed by atoms with Crippen LogP contribution in [-0.4, -0.2) is 46.8 Å². The van der Waals surface area contributed by atoms with E-state index in [-0.39, 0.29) is 36.6 Å². The summed E-state index contributed by atoms with van der Waals surface area (Å²) in [5.41, 5.74) is -4.20. The van der Waals surface area contributed by atoms with Gasteiger partial charge in [-0.25, -0.2) is 9.18 Å². The zero-order valence-corrected chi connectivity index (χ0v) is 20.3. The van der Waals surface area contributed by atoms with Crippen LogP contribution >= 0.6 is 0 Å². The molecule has 2 unspecified atom stereocenters. The smallest absolute Gasteiger partial charge is 0.409 e. The van der Waals surface area contributed by atoms with Crippen molar-refractivity contribution in [3.8, 4) is 16.9 Å². The molecule has 4 rings (SSSR count). The van der Waals surface area contributed by atoms with E-state index in [0.717, 1.165) is 30.3 Å². The summed E-state index contributed by atoms with van der Waals surface area (Å²) in [5.74, 6) is -1.78. The Bertz CT molecular complexity index is 1320. The number of carbonyl (C=O) groups excluding carboxylic acids is 1. The predicted molar refractivity (Wildman–Crippen MR) is 123 cm³/mol. The summed E-state index contributed by atoms with van der Waals surface area (Å²) < 4.78 is 108. The summed E-state index contributed by atoms with van der Waals surface area (Å²) in [5, 5.41) is 13.5. The molecule has 1 aliphatic rings. The fraction of sp³-hybridized carbons (Fsp3) is 0.360. The highest BCUT2D eigenvalue weighted by molar-refractivity contribution is 5.90. The number of hydrogen-bond donors (Lipinski definition) is 1. The van der Waals surface area contributed by atoms with E-state index in [1.807, 2.05) is 0 Å². The zero-order chi connectivity index (χ0) is 28.5. The highest BCUT2D eigenvalue weighted by Gasteiger charge is 2.41. The van der Waals surface area contributed by atoms with Gasteiger partial charge in [0.15, 0.2) is 5.75 Å². The number of carbonyl (C=O) groups is 1. The number of anilines is 1. The summed E-state index contributed by atoms with van der Waals surface area (Å²) in [6.45, 7) is 0.181. The van der Waals surface area contributed by atoms with Gasteiger partial charge in [-0.2, -0.15) is 31.4 Å². The third-order valence-corrected chi connectivity index (χ3v) is 6.17. The van der Waals surface area contributed by atoms with Crippen molar-refractivity contribution in [3.05, 3.63) is 65.7 Å². The van der Waals surface area contributed by atoms with Crippen LogP contribution in [0.15, 0.2) is 48.8 Å². The lowest BCUT2D eigenvalue weighted by Crippen LogP contribution is -2.39. The molecular formula is C25H22F7N3O4. The Balaban J connectivity index is 1.70. The Morgan fingerprint density at radius 2 is 1.79 bits per heavy atom.